The zero-order valence-corrected chi connectivity index (χ0v) is 12.5. The monoisotopic (exact) mass is 282 g/mol. The van der Waals surface area contributed by atoms with Crippen LogP contribution >= 0.6 is 11.6 Å². The van der Waals surface area contributed by atoms with E-state index in [0.29, 0.717) is 12.3 Å². The number of fused-ring (bicyclic) bond motifs is 1. The third kappa shape index (κ3) is 2.21. The van der Waals surface area contributed by atoms with Gasteiger partial charge in [0.1, 0.15) is 0 Å². The van der Waals surface area contributed by atoms with Crippen molar-refractivity contribution in [3.8, 4) is 0 Å². The molecule has 106 valence electrons. The van der Waals surface area contributed by atoms with E-state index in [4.69, 9.17) is 11.6 Å². The second kappa shape index (κ2) is 5.10. The van der Waals surface area contributed by atoms with E-state index in [2.05, 4.69) is 18.9 Å². The minimum atomic E-state index is -0.237. The highest BCUT2D eigenvalue weighted by atomic mass is 35.5. The molecule has 0 saturated heterocycles. The second-order valence-corrected chi connectivity index (χ2v) is 6.36. The number of nitrogens with zero attached hydrogens (tertiary/aromatic N) is 2. The molecule has 1 aromatic rings. The first kappa shape index (κ1) is 13.4. The van der Waals surface area contributed by atoms with Gasteiger partial charge in [-0.2, -0.15) is 5.10 Å². The fourth-order valence-electron chi connectivity index (χ4n) is 3.99. The molecule has 0 amide bonds. The number of rotatable bonds is 5. The molecule has 2 saturated carbocycles. The zero-order valence-electron chi connectivity index (χ0n) is 11.8. The van der Waals surface area contributed by atoms with Crippen molar-refractivity contribution in [2.75, 3.05) is 0 Å². The quantitative estimate of drug-likeness (QED) is 0.901. The van der Waals surface area contributed by atoms with Crippen LogP contribution in [0.3, 0.4) is 0 Å². The Kier molecular flexibility index (Phi) is 3.61. The molecule has 3 unspecified atom stereocenters. The van der Waals surface area contributed by atoms with Crippen LogP contribution in [0, 0.1) is 17.8 Å². The summed E-state index contributed by atoms with van der Waals surface area (Å²) in [5.41, 5.74) is 1.99. The van der Waals surface area contributed by atoms with Crippen LogP contribution in [-0.2, 0) is 19.4 Å². The summed E-state index contributed by atoms with van der Waals surface area (Å²) in [6.45, 7) is 4.96. The van der Waals surface area contributed by atoms with Crippen molar-refractivity contribution >= 4 is 11.6 Å². The average Bonchev–Trinajstić information content (AvgIpc) is 2.77. The largest absolute Gasteiger partial charge is 0.392 e. The number of halogens is 1. The highest BCUT2D eigenvalue weighted by Crippen LogP contribution is 2.59. The maximum atomic E-state index is 10.5. The molecule has 1 N–H and O–H groups in total. The number of hydrogen-bond donors (Lipinski definition) is 1. The number of aromatic nitrogens is 2. The summed E-state index contributed by atoms with van der Waals surface area (Å²) in [4.78, 5) is 0. The third-order valence-electron chi connectivity index (χ3n) is 5.01. The lowest BCUT2D eigenvalue weighted by Crippen LogP contribution is -2.19. The van der Waals surface area contributed by atoms with Gasteiger partial charge >= 0.3 is 0 Å². The van der Waals surface area contributed by atoms with Crippen LogP contribution in [0.15, 0.2) is 0 Å². The lowest BCUT2D eigenvalue weighted by Gasteiger charge is -2.13. The summed E-state index contributed by atoms with van der Waals surface area (Å²) in [5, 5.41) is 15.8. The first-order valence-corrected chi connectivity index (χ1v) is 7.97. The second-order valence-electron chi connectivity index (χ2n) is 5.98. The van der Waals surface area contributed by atoms with Gasteiger partial charge in [-0.05, 0) is 43.9 Å². The van der Waals surface area contributed by atoms with Gasteiger partial charge in [-0.15, -0.1) is 0 Å². The Morgan fingerprint density at radius 2 is 2.05 bits per heavy atom. The summed E-state index contributed by atoms with van der Waals surface area (Å²) in [6.07, 6.45) is 5.26. The highest BCUT2D eigenvalue weighted by molar-refractivity contribution is 6.31. The van der Waals surface area contributed by atoms with Gasteiger partial charge in [-0.3, -0.25) is 4.68 Å². The van der Waals surface area contributed by atoms with Gasteiger partial charge in [-0.1, -0.05) is 24.9 Å². The van der Waals surface area contributed by atoms with Gasteiger partial charge in [0.25, 0.3) is 0 Å². The van der Waals surface area contributed by atoms with Crippen molar-refractivity contribution in [2.45, 2.75) is 58.6 Å². The van der Waals surface area contributed by atoms with E-state index in [1.54, 1.807) is 0 Å². The average molecular weight is 283 g/mol. The van der Waals surface area contributed by atoms with Crippen molar-refractivity contribution < 1.29 is 5.11 Å². The fourth-order valence-corrected chi connectivity index (χ4v) is 4.34. The molecule has 2 aliphatic carbocycles. The van der Waals surface area contributed by atoms with Crippen molar-refractivity contribution in [3.05, 3.63) is 16.4 Å². The van der Waals surface area contributed by atoms with Gasteiger partial charge in [0.2, 0.25) is 0 Å². The Morgan fingerprint density at radius 1 is 1.37 bits per heavy atom. The number of aryl methyl sites for hydroxylation is 2. The van der Waals surface area contributed by atoms with Crippen LogP contribution in [0.5, 0.6) is 0 Å². The Bertz CT molecular complexity index is 461. The van der Waals surface area contributed by atoms with E-state index in [1.807, 2.05) is 4.68 Å². The number of aliphatic hydroxyl groups excluding tert-OH is 1. The molecule has 0 aliphatic heterocycles. The molecule has 1 heterocycles. The Labute approximate surface area is 120 Å². The molecule has 3 nitrogen and oxygen atoms in total. The molecule has 0 bridgehead atoms. The molecular weight excluding hydrogens is 260 g/mol. The van der Waals surface area contributed by atoms with E-state index in [1.165, 1.54) is 19.3 Å². The maximum Gasteiger partial charge on any atom is 0.0850 e. The summed E-state index contributed by atoms with van der Waals surface area (Å²) < 4.78 is 1.96. The molecule has 4 heteroatoms. The van der Waals surface area contributed by atoms with Crippen molar-refractivity contribution in [1.82, 2.24) is 9.78 Å². The van der Waals surface area contributed by atoms with Gasteiger partial charge < -0.3 is 5.11 Å². The molecule has 2 aliphatic rings. The molecule has 1 aromatic heterocycles. The summed E-state index contributed by atoms with van der Waals surface area (Å²) >= 11 is 6.40. The number of aliphatic hydroxyl groups is 1. The zero-order chi connectivity index (χ0) is 13.6. The van der Waals surface area contributed by atoms with E-state index in [-0.39, 0.29) is 6.10 Å². The SMILES string of the molecule is CCc1nn(CC)c(CC(O)C2C3CCCC32)c1Cl. The molecular formula is C15H23ClN2O. The Morgan fingerprint density at radius 3 is 2.63 bits per heavy atom. The summed E-state index contributed by atoms with van der Waals surface area (Å²) in [6, 6.07) is 0. The van der Waals surface area contributed by atoms with E-state index in [9.17, 15) is 5.11 Å². The minimum Gasteiger partial charge on any atom is -0.392 e. The molecule has 2 fully saturated rings. The third-order valence-corrected chi connectivity index (χ3v) is 5.45. The van der Waals surface area contributed by atoms with Crippen LogP contribution in [0.2, 0.25) is 5.02 Å². The molecule has 0 radical (unpaired) electrons. The predicted molar refractivity (Wildman–Crippen MR) is 76.3 cm³/mol. The van der Waals surface area contributed by atoms with Crippen molar-refractivity contribution in [1.29, 1.82) is 0 Å². The highest BCUT2D eigenvalue weighted by Gasteiger charge is 2.55. The van der Waals surface area contributed by atoms with Crippen molar-refractivity contribution in [2.24, 2.45) is 17.8 Å². The first-order chi connectivity index (χ1) is 9.17. The smallest absolute Gasteiger partial charge is 0.0850 e. The van der Waals surface area contributed by atoms with E-state index < -0.39 is 0 Å². The maximum absolute atomic E-state index is 10.5. The van der Waals surface area contributed by atoms with Crippen LogP contribution < -0.4 is 0 Å². The lowest BCUT2D eigenvalue weighted by molar-refractivity contribution is 0.133. The Hall–Kier alpha value is -0.540. The molecule has 0 spiro atoms. The van der Waals surface area contributed by atoms with E-state index in [0.717, 1.165) is 41.2 Å². The van der Waals surface area contributed by atoms with Gasteiger partial charge in [0.15, 0.2) is 0 Å². The van der Waals surface area contributed by atoms with Crippen LogP contribution in [0.25, 0.3) is 0 Å². The van der Waals surface area contributed by atoms with Crippen LogP contribution in [0.4, 0.5) is 0 Å². The van der Waals surface area contributed by atoms with Crippen molar-refractivity contribution in [3.63, 3.8) is 0 Å². The van der Waals surface area contributed by atoms with Gasteiger partial charge in [0, 0.05) is 13.0 Å². The van der Waals surface area contributed by atoms with Gasteiger partial charge in [0.05, 0.1) is 22.5 Å². The first-order valence-electron chi connectivity index (χ1n) is 7.59. The fraction of sp³-hybridized carbons (Fsp3) is 0.800. The topological polar surface area (TPSA) is 38.0 Å². The summed E-state index contributed by atoms with van der Waals surface area (Å²) in [7, 11) is 0. The summed E-state index contributed by atoms with van der Waals surface area (Å²) in [5.74, 6) is 2.10. The van der Waals surface area contributed by atoms with E-state index >= 15 is 0 Å². The van der Waals surface area contributed by atoms with Gasteiger partial charge in [-0.25, -0.2) is 0 Å². The predicted octanol–water partition coefficient (Wildman–Crippen LogP) is 3.07. The minimum absolute atomic E-state index is 0.237. The lowest BCUT2D eigenvalue weighted by atomic mass is 10.0. The molecule has 19 heavy (non-hydrogen) atoms. The van der Waals surface area contributed by atoms with Crippen LogP contribution in [0.1, 0.15) is 44.5 Å². The van der Waals surface area contributed by atoms with Crippen LogP contribution in [-0.4, -0.2) is 21.0 Å². The molecule has 0 aromatic carbocycles. The molecule has 3 rings (SSSR count). The number of hydrogen-bond acceptors (Lipinski definition) is 2. The Balaban J connectivity index is 1.74. The standard InChI is InChI=1S/C15H23ClN2O/c1-3-11-15(16)12(18(4-2)17-11)8-13(19)14-9-6-5-7-10(9)14/h9-10,13-14,19H,3-8H2,1-2H3. The molecule has 3 atom stereocenters. The normalized spacial score (nSPS) is 30.4.